The first-order valence-corrected chi connectivity index (χ1v) is 14.7. The highest BCUT2D eigenvalue weighted by molar-refractivity contribution is 7.07. The van der Waals surface area contributed by atoms with Crippen molar-refractivity contribution >= 4 is 45.9 Å². The summed E-state index contributed by atoms with van der Waals surface area (Å²) in [6, 6.07) is 22.6. The van der Waals surface area contributed by atoms with E-state index in [9.17, 15) is 9.59 Å². The number of benzene rings is 3. The maximum absolute atomic E-state index is 14.1. The molecule has 0 saturated carbocycles. The zero-order valence-corrected chi connectivity index (χ0v) is 24.9. The smallest absolute Gasteiger partial charge is 0.338 e. The van der Waals surface area contributed by atoms with Gasteiger partial charge in [-0.1, -0.05) is 65.4 Å². The molecule has 0 aliphatic carbocycles. The van der Waals surface area contributed by atoms with Crippen LogP contribution in [0.25, 0.3) is 17.0 Å². The summed E-state index contributed by atoms with van der Waals surface area (Å²) in [6.07, 6.45) is 3.98. The summed E-state index contributed by atoms with van der Waals surface area (Å²) in [5.74, 6) is 0.193. The second kappa shape index (κ2) is 11.5. The first kappa shape index (κ1) is 27.8. The number of carbonyl (C=O) groups is 1. The molecule has 1 aliphatic rings. The number of hydrogen-bond acceptors (Lipinski definition) is 6. The number of halogens is 1. The van der Waals surface area contributed by atoms with Crippen LogP contribution in [-0.4, -0.2) is 28.8 Å². The Kier molecular flexibility index (Phi) is 7.58. The molecule has 7 nitrogen and oxygen atoms in total. The van der Waals surface area contributed by atoms with E-state index in [1.165, 1.54) is 11.3 Å². The first-order chi connectivity index (χ1) is 20.4. The lowest BCUT2D eigenvalue weighted by Crippen LogP contribution is -2.39. The fraction of sp³-hybridized carbons (Fsp3) is 0.182. The highest BCUT2D eigenvalue weighted by Crippen LogP contribution is 2.32. The van der Waals surface area contributed by atoms with Crippen LogP contribution in [0.1, 0.15) is 36.6 Å². The number of ether oxygens (including phenoxy) is 2. The van der Waals surface area contributed by atoms with Crippen LogP contribution >= 0.6 is 22.9 Å². The van der Waals surface area contributed by atoms with E-state index in [1.807, 2.05) is 66.7 Å². The van der Waals surface area contributed by atoms with E-state index in [1.54, 1.807) is 25.5 Å². The number of fused-ring (bicyclic) bond motifs is 2. The summed E-state index contributed by atoms with van der Waals surface area (Å²) in [5, 5.41) is 1.73. The maximum atomic E-state index is 14.1. The minimum Gasteiger partial charge on any atom is -0.497 e. The maximum Gasteiger partial charge on any atom is 0.338 e. The Hall–Kier alpha value is -4.40. The van der Waals surface area contributed by atoms with Gasteiger partial charge in [0.05, 0.1) is 35.6 Å². The van der Waals surface area contributed by atoms with Crippen LogP contribution in [0.4, 0.5) is 0 Å². The van der Waals surface area contributed by atoms with Crippen LogP contribution in [0.3, 0.4) is 0 Å². The van der Waals surface area contributed by atoms with Crippen LogP contribution in [0.5, 0.6) is 5.75 Å². The predicted molar refractivity (Wildman–Crippen MR) is 166 cm³/mol. The molecule has 0 bridgehead atoms. The lowest BCUT2D eigenvalue weighted by atomic mass is 9.96. The summed E-state index contributed by atoms with van der Waals surface area (Å²) < 4.78 is 15.0. The van der Waals surface area contributed by atoms with Gasteiger partial charge in [-0.25, -0.2) is 9.79 Å². The molecule has 42 heavy (non-hydrogen) atoms. The Labute approximate surface area is 251 Å². The summed E-state index contributed by atoms with van der Waals surface area (Å²) >= 11 is 7.40. The number of allylic oxidation sites excluding steroid dienone is 1. The lowest BCUT2D eigenvalue weighted by Gasteiger charge is -2.24. The Morgan fingerprint density at radius 2 is 1.81 bits per heavy atom. The highest BCUT2D eigenvalue weighted by Gasteiger charge is 2.33. The molecule has 6 rings (SSSR count). The van der Waals surface area contributed by atoms with Crippen molar-refractivity contribution in [3.8, 4) is 5.75 Å². The van der Waals surface area contributed by atoms with Gasteiger partial charge < -0.3 is 14.0 Å². The number of nitrogens with zero attached hydrogens (tertiary/aromatic N) is 3. The molecule has 1 aliphatic heterocycles. The monoisotopic (exact) mass is 597 g/mol. The van der Waals surface area contributed by atoms with Gasteiger partial charge in [0.25, 0.3) is 5.56 Å². The fourth-order valence-corrected chi connectivity index (χ4v) is 6.51. The van der Waals surface area contributed by atoms with Crippen LogP contribution in [0, 0.1) is 0 Å². The minimum atomic E-state index is -0.681. The Morgan fingerprint density at radius 1 is 1.07 bits per heavy atom. The molecule has 1 atom stereocenters. The molecular weight excluding hydrogens is 570 g/mol. The molecular formula is C33H28ClN3O4S. The number of rotatable bonds is 7. The van der Waals surface area contributed by atoms with Gasteiger partial charge in [-0.05, 0) is 61.4 Å². The minimum absolute atomic E-state index is 0.218. The van der Waals surface area contributed by atoms with Gasteiger partial charge in [0.2, 0.25) is 0 Å². The fourth-order valence-electron chi connectivity index (χ4n) is 5.34. The van der Waals surface area contributed by atoms with Crippen LogP contribution in [0.15, 0.2) is 100 Å². The zero-order valence-electron chi connectivity index (χ0n) is 23.3. The van der Waals surface area contributed by atoms with Gasteiger partial charge in [0, 0.05) is 34.2 Å². The summed E-state index contributed by atoms with van der Waals surface area (Å²) in [4.78, 5) is 32.5. The average molecular weight is 598 g/mol. The van der Waals surface area contributed by atoms with Crippen LogP contribution in [0.2, 0.25) is 5.02 Å². The third kappa shape index (κ3) is 5.08. The van der Waals surface area contributed by atoms with Gasteiger partial charge >= 0.3 is 5.97 Å². The number of methoxy groups -OCH3 is 1. The Morgan fingerprint density at radius 3 is 2.52 bits per heavy atom. The number of para-hydroxylation sites is 1. The molecule has 5 aromatic rings. The lowest BCUT2D eigenvalue weighted by molar-refractivity contribution is -0.139. The predicted octanol–water partition coefficient (Wildman–Crippen LogP) is 5.46. The van der Waals surface area contributed by atoms with Gasteiger partial charge in [-0.3, -0.25) is 9.36 Å². The van der Waals surface area contributed by atoms with Crippen molar-refractivity contribution in [1.82, 2.24) is 9.13 Å². The van der Waals surface area contributed by atoms with Crippen molar-refractivity contribution < 1.29 is 14.3 Å². The molecule has 3 heterocycles. The van der Waals surface area contributed by atoms with Crippen LogP contribution in [-0.2, 0) is 16.1 Å². The van der Waals surface area contributed by atoms with Gasteiger partial charge in [-0.15, -0.1) is 0 Å². The summed E-state index contributed by atoms with van der Waals surface area (Å²) in [6.45, 7) is 4.42. The molecule has 0 saturated heterocycles. The number of esters is 1. The molecule has 212 valence electrons. The number of thiazole rings is 1. The van der Waals surface area contributed by atoms with Crippen molar-refractivity contribution in [3.63, 3.8) is 0 Å². The standard InChI is InChI=1S/C33H28ClN3O4S/c1-4-41-32(39)29-20(2)35-33-37(30(29)22-11-15-25(40-3)16-12-22)31(38)28(42-33)17-23-19-36(27-8-6-5-7-26(23)27)18-21-9-13-24(34)14-10-21/h5-17,19,30H,4,18H2,1-3H3/b28-17+/t30-/m1/s1. The first-order valence-electron chi connectivity index (χ1n) is 13.5. The second-order valence-corrected chi connectivity index (χ2v) is 11.4. The number of carbonyl (C=O) groups excluding carboxylic acids is 1. The Balaban J connectivity index is 1.50. The zero-order chi connectivity index (χ0) is 29.4. The van der Waals surface area contributed by atoms with Gasteiger partial charge in [-0.2, -0.15) is 0 Å². The van der Waals surface area contributed by atoms with Gasteiger partial charge in [0.15, 0.2) is 4.80 Å². The third-order valence-electron chi connectivity index (χ3n) is 7.32. The average Bonchev–Trinajstić information content (AvgIpc) is 3.50. The second-order valence-electron chi connectivity index (χ2n) is 9.93. The topological polar surface area (TPSA) is 74.8 Å². The van der Waals surface area contributed by atoms with E-state index >= 15 is 0 Å². The molecule has 0 radical (unpaired) electrons. The molecule has 0 fully saturated rings. The third-order valence-corrected chi connectivity index (χ3v) is 8.56. The molecule has 0 N–H and O–H groups in total. The van der Waals surface area contributed by atoms with Crippen molar-refractivity contribution in [2.75, 3.05) is 13.7 Å². The van der Waals surface area contributed by atoms with E-state index in [0.29, 0.717) is 37.9 Å². The van der Waals surface area contributed by atoms with Crippen molar-refractivity contribution in [2.45, 2.75) is 26.4 Å². The number of hydrogen-bond donors (Lipinski definition) is 0. The van der Waals surface area contributed by atoms with E-state index in [-0.39, 0.29) is 12.2 Å². The molecule has 0 spiro atoms. The SMILES string of the molecule is CCOC(=O)C1=C(C)N=c2s/c(=C/c3cn(Cc4ccc(Cl)cc4)c4ccccc34)c(=O)n2[C@@H]1c1ccc(OC)cc1. The van der Waals surface area contributed by atoms with E-state index < -0.39 is 12.0 Å². The number of aromatic nitrogens is 2. The normalized spacial score (nSPS) is 15.0. The van der Waals surface area contributed by atoms with E-state index in [2.05, 4.69) is 22.9 Å². The molecule has 9 heteroatoms. The van der Waals surface area contributed by atoms with Crippen LogP contribution < -0.4 is 19.6 Å². The largest absolute Gasteiger partial charge is 0.497 e. The summed E-state index contributed by atoms with van der Waals surface area (Å²) in [7, 11) is 1.60. The molecule has 2 aromatic heterocycles. The van der Waals surface area contributed by atoms with Crippen molar-refractivity contribution in [2.24, 2.45) is 4.99 Å². The quantitative estimate of drug-likeness (QED) is 0.233. The summed E-state index contributed by atoms with van der Waals surface area (Å²) in [5.41, 5.74) is 4.52. The molecule has 0 unspecified atom stereocenters. The van der Waals surface area contributed by atoms with Crippen molar-refractivity contribution in [3.05, 3.63) is 132 Å². The Bertz CT molecular complexity index is 2020. The van der Waals surface area contributed by atoms with E-state index in [0.717, 1.165) is 27.6 Å². The molecule has 0 amide bonds. The highest BCUT2D eigenvalue weighted by atomic mass is 35.5. The molecule has 3 aromatic carbocycles. The van der Waals surface area contributed by atoms with Crippen molar-refractivity contribution in [1.29, 1.82) is 0 Å². The van der Waals surface area contributed by atoms with E-state index in [4.69, 9.17) is 26.1 Å². The van der Waals surface area contributed by atoms with Gasteiger partial charge in [0.1, 0.15) is 5.75 Å².